The summed E-state index contributed by atoms with van der Waals surface area (Å²) in [5.74, 6) is -2.42. The van der Waals surface area contributed by atoms with E-state index in [1.54, 1.807) is 36.4 Å². The van der Waals surface area contributed by atoms with Crippen LogP contribution in [-0.4, -0.2) is 47.4 Å². The highest BCUT2D eigenvalue weighted by Gasteiger charge is 2.60. The SMILES string of the molecule is O=C1CCC(C(=O)OC(c2ccccc2)c2ccccc2)(N2OCC(NC(=O)OCc3ccccc3)C2=O)O1. The van der Waals surface area contributed by atoms with Crippen LogP contribution in [0, 0.1) is 0 Å². The van der Waals surface area contributed by atoms with Crippen molar-refractivity contribution in [2.24, 2.45) is 0 Å². The van der Waals surface area contributed by atoms with Gasteiger partial charge in [0, 0.05) is 6.42 Å². The van der Waals surface area contributed by atoms with Crippen molar-refractivity contribution in [2.45, 2.75) is 37.3 Å². The van der Waals surface area contributed by atoms with Crippen LogP contribution in [0.2, 0.25) is 0 Å². The molecule has 3 aromatic carbocycles. The van der Waals surface area contributed by atoms with Gasteiger partial charge < -0.3 is 19.5 Å². The number of cyclic esters (lactones) is 1. The van der Waals surface area contributed by atoms with Crippen molar-refractivity contribution in [1.82, 2.24) is 10.4 Å². The van der Waals surface area contributed by atoms with Gasteiger partial charge in [0.25, 0.3) is 5.91 Å². The predicted molar refractivity (Wildman–Crippen MR) is 135 cm³/mol. The summed E-state index contributed by atoms with van der Waals surface area (Å²) in [5.41, 5.74) is 0.00592. The Bertz CT molecular complexity index is 1300. The number of alkyl carbamates (subject to hydrolysis) is 1. The molecule has 2 saturated heterocycles. The first-order valence-electron chi connectivity index (χ1n) is 12.4. The smallest absolute Gasteiger partial charge is 0.408 e. The average molecular weight is 531 g/mol. The van der Waals surface area contributed by atoms with Gasteiger partial charge in [-0.05, 0) is 16.7 Å². The number of hydrogen-bond acceptors (Lipinski definition) is 8. The Morgan fingerprint density at radius 3 is 2.08 bits per heavy atom. The molecule has 2 unspecified atom stereocenters. The second kappa shape index (κ2) is 11.4. The number of ether oxygens (including phenoxy) is 3. The molecule has 39 heavy (non-hydrogen) atoms. The molecule has 3 aromatic rings. The van der Waals surface area contributed by atoms with Crippen LogP contribution in [0.15, 0.2) is 91.0 Å². The Kier molecular flexibility index (Phi) is 7.55. The highest BCUT2D eigenvalue weighted by atomic mass is 16.8. The van der Waals surface area contributed by atoms with Crippen molar-refractivity contribution in [1.29, 1.82) is 0 Å². The summed E-state index contributed by atoms with van der Waals surface area (Å²) in [4.78, 5) is 57.1. The maximum atomic E-state index is 13.7. The van der Waals surface area contributed by atoms with E-state index >= 15 is 0 Å². The summed E-state index contributed by atoms with van der Waals surface area (Å²) >= 11 is 0. The lowest BCUT2D eigenvalue weighted by atomic mass is 10.0. The van der Waals surface area contributed by atoms with E-state index in [-0.39, 0.29) is 26.1 Å². The Morgan fingerprint density at radius 1 is 0.923 bits per heavy atom. The van der Waals surface area contributed by atoms with Crippen LogP contribution in [0.25, 0.3) is 0 Å². The minimum atomic E-state index is -2.14. The monoisotopic (exact) mass is 530 g/mol. The van der Waals surface area contributed by atoms with Crippen LogP contribution in [-0.2, 0) is 40.0 Å². The summed E-state index contributed by atoms with van der Waals surface area (Å²) in [6.07, 6.45) is -1.97. The first-order chi connectivity index (χ1) is 19.0. The first kappa shape index (κ1) is 25.9. The second-order valence-corrected chi connectivity index (χ2v) is 9.05. The van der Waals surface area contributed by atoms with E-state index in [9.17, 15) is 19.2 Å². The standard InChI is InChI=1S/C29H26N2O8/c32-24-16-17-29(39-24,27(34)38-25(21-12-6-2-7-13-21)22-14-8-3-9-15-22)31-26(33)23(19-37-31)30-28(35)36-18-20-10-4-1-5-11-20/h1-15,23,25H,16-19H2,(H,30,35). The Labute approximate surface area is 224 Å². The van der Waals surface area contributed by atoms with E-state index in [0.717, 1.165) is 5.56 Å². The van der Waals surface area contributed by atoms with Crippen molar-refractivity contribution in [2.75, 3.05) is 6.61 Å². The van der Waals surface area contributed by atoms with E-state index < -0.39 is 41.8 Å². The molecule has 200 valence electrons. The van der Waals surface area contributed by atoms with Gasteiger partial charge in [-0.3, -0.25) is 14.4 Å². The third-order valence-corrected chi connectivity index (χ3v) is 6.40. The maximum Gasteiger partial charge on any atom is 0.408 e. The van der Waals surface area contributed by atoms with Gasteiger partial charge in [-0.25, -0.2) is 9.59 Å². The molecule has 10 nitrogen and oxygen atoms in total. The van der Waals surface area contributed by atoms with Crippen LogP contribution >= 0.6 is 0 Å². The lowest BCUT2D eigenvalue weighted by Gasteiger charge is -2.34. The molecule has 0 radical (unpaired) electrons. The molecule has 0 aliphatic carbocycles. The minimum absolute atomic E-state index is 0.00634. The molecular weight excluding hydrogens is 504 g/mol. The Hall–Kier alpha value is -4.70. The molecule has 2 amide bonds. The molecular formula is C29H26N2O8. The second-order valence-electron chi connectivity index (χ2n) is 9.05. The number of nitrogens with one attached hydrogen (secondary N) is 1. The van der Waals surface area contributed by atoms with Crippen molar-refractivity contribution in [3.63, 3.8) is 0 Å². The van der Waals surface area contributed by atoms with Gasteiger partial charge >= 0.3 is 23.8 Å². The molecule has 0 bridgehead atoms. The molecule has 2 heterocycles. The number of hydrogen-bond donors (Lipinski definition) is 1. The van der Waals surface area contributed by atoms with Crippen molar-refractivity contribution < 1.29 is 38.2 Å². The molecule has 0 spiro atoms. The number of hydroxylamine groups is 2. The van der Waals surface area contributed by atoms with Gasteiger partial charge in [-0.15, -0.1) is 0 Å². The Balaban J connectivity index is 1.32. The number of amides is 2. The average Bonchev–Trinajstić information content (AvgIpc) is 3.54. The van der Waals surface area contributed by atoms with Gasteiger partial charge in [0.15, 0.2) is 6.10 Å². The highest BCUT2D eigenvalue weighted by Crippen LogP contribution is 2.37. The molecule has 2 atom stereocenters. The molecule has 0 saturated carbocycles. The number of rotatable bonds is 8. The van der Waals surface area contributed by atoms with Gasteiger partial charge in [-0.1, -0.05) is 91.0 Å². The topological polar surface area (TPSA) is 120 Å². The van der Waals surface area contributed by atoms with Gasteiger partial charge in [0.2, 0.25) is 0 Å². The molecule has 10 heteroatoms. The summed E-state index contributed by atoms with van der Waals surface area (Å²) in [5, 5.41) is 3.15. The van der Waals surface area contributed by atoms with Gasteiger partial charge in [0.1, 0.15) is 19.3 Å². The van der Waals surface area contributed by atoms with Crippen LogP contribution in [0.3, 0.4) is 0 Å². The molecule has 1 N–H and O–H groups in total. The minimum Gasteiger partial charge on any atom is -0.448 e. The van der Waals surface area contributed by atoms with Crippen molar-refractivity contribution in [3.05, 3.63) is 108 Å². The lowest BCUT2D eigenvalue weighted by Crippen LogP contribution is -2.57. The van der Waals surface area contributed by atoms with E-state index in [2.05, 4.69) is 5.32 Å². The number of benzene rings is 3. The maximum absolute atomic E-state index is 13.7. The highest BCUT2D eigenvalue weighted by molar-refractivity contribution is 5.94. The normalized spacial score (nSPS) is 20.5. The van der Waals surface area contributed by atoms with E-state index in [1.165, 1.54) is 0 Å². The Morgan fingerprint density at radius 2 is 1.51 bits per heavy atom. The largest absolute Gasteiger partial charge is 0.448 e. The van der Waals surface area contributed by atoms with Crippen LogP contribution in [0.4, 0.5) is 4.79 Å². The zero-order valence-corrected chi connectivity index (χ0v) is 20.9. The zero-order valence-electron chi connectivity index (χ0n) is 20.9. The first-order valence-corrected chi connectivity index (χ1v) is 12.4. The molecule has 2 aliphatic rings. The van der Waals surface area contributed by atoms with Crippen LogP contribution in [0.5, 0.6) is 0 Å². The third-order valence-electron chi connectivity index (χ3n) is 6.40. The zero-order chi connectivity index (χ0) is 27.2. The molecule has 2 aliphatic heterocycles. The van der Waals surface area contributed by atoms with Gasteiger partial charge in [0.05, 0.1) is 6.42 Å². The lowest BCUT2D eigenvalue weighted by molar-refractivity contribution is -0.260. The van der Waals surface area contributed by atoms with Crippen LogP contribution in [0.1, 0.15) is 35.6 Å². The fourth-order valence-electron chi connectivity index (χ4n) is 4.43. The van der Waals surface area contributed by atoms with E-state index in [4.69, 9.17) is 19.0 Å². The number of carbonyl (C=O) groups is 4. The van der Waals surface area contributed by atoms with Gasteiger partial charge in [-0.2, -0.15) is 5.06 Å². The number of nitrogens with zero attached hydrogens (tertiary/aromatic N) is 1. The number of esters is 2. The fourth-order valence-corrected chi connectivity index (χ4v) is 4.43. The summed E-state index contributed by atoms with van der Waals surface area (Å²) < 4.78 is 16.5. The van der Waals surface area contributed by atoms with Crippen molar-refractivity contribution in [3.8, 4) is 0 Å². The van der Waals surface area contributed by atoms with Crippen molar-refractivity contribution >= 4 is 23.9 Å². The fraction of sp³-hybridized carbons (Fsp3) is 0.241. The predicted octanol–water partition coefficient (Wildman–Crippen LogP) is 3.42. The molecule has 2 fully saturated rings. The summed E-state index contributed by atoms with van der Waals surface area (Å²) in [6, 6.07) is 26.0. The summed E-state index contributed by atoms with van der Waals surface area (Å²) in [6.45, 7) is -0.279. The van der Waals surface area contributed by atoms with E-state index in [1.807, 2.05) is 54.6 Å². The molecule has 5 rings (SSSR count). The van der Waals surface area contributed by atoms with E-state index in [0.29, 0.717) is 16.2 Å². The summed E-state index contributed by atoms with van der Waals surface area (Å²) in [7, 11) is 0. The third kappa shape index (κ3) is 5.60. The molecule has 0 aromatic heterocycles. The van der Waals surface area contributed by atoms with Crippen LogP contribution < -0.4 is 5.32 Å². The number of carbonyl (C=O) groups excluding carboxylic acids is 4. The quantitative estimate of drug-likeness (QED) is 0.348.